The van der Waals surface area contributed by atoms with Crippen LogP contribution in [0.15, 0.2) is 46.9 Å². The number of benzene rings is 2. The maximum atomic E-state index is 6.52. The summed E-state index contributed by atoms with van der Waals surface area (Å²) in [4.78, 5) is 0. The Morgan fingerprint density at radius 2 is 1.89 bits per heavy atom. The van der Waals surface area contributed by atoms with Gasteiger partial charge in [0.25, 0.3) is 0 Å². The first-order chi connectivity index (χ1) is 8.56. The lowest BCUT2D eigenvalue weighted by Crippen LogP contribution is -1.98. The van der Waals surface area contributed by atoms with Gasteiger partial charge in [-0.05, 0) is 49.1 Å². The largest absolute Gasteiger partial charge is 0.117 e. The smallest absolute Gasteiger partial charge is 0.0626 e. The van der Waals surface area contributed by atoms with Gasteiger partial charge < -0.3 is 0 Å². The third-order valence-electron chi connectivity index (χ3n) is 3.11. The molecule has 0 saturated carbocycles. The third-order valence-corrected chi connectivity index (χ3v) is 4.01. The molecule has 0 amide bonds. The van der Waals surface area contributed by atoms with Crippen molar-refractivity contribution >= 4 is 27.5 Å². The maximum Gasteiger partial charge on any atom is 0.0626 e. The summed E-state index contributed by atoms with van der Waals surface area (Å²) in [5, 5.41) is 0.0167. The Hall–Kier alpha value is -0.790. The molecule has 2 rings (SSSR count). The van der Waals surface area contributed by atoms with E-state index in [0.29, 0.717) is 0 Å². The summed E-state index contributed by atoms with van der Waals surface area (Å²) in [5.74, 6) is 0. The number of rotatable bonds is 3. The van der Waals surface area contributed by atoms with E-state index in [4.69, 9.17) is 11.6 Å². The molecule has 1 atom stereocenters. The van der Waals surface area contributed by atoms with Crippen LogP contribution in [0.5, 0.6) is 0 Å². The monoisotopic (exact) mass is 322 g/mol. The second kappa shape index (κ2) is 5.90. The fourth-order valence-electron chi connectivity index (χ4n) is 2.03. The molecular weight excluding hydrogens is 308 g/mol. The van der Waals surface area contributed by atoms with Gasteiger partial charge in [-0.3, -0.25) is 0 Å². The summed E-state index contributed by atoms with van der Waals surface area (Å²) in [7, 11) is 0. The van der Waals surface area contributed by atoms with Crippen LogP contribution in [0.1, 0.15) is 27.6 Å². The first-order valence-electron chi connectivity index (χ1n) is 6.02. The van der Waals surface area contributed by atoms with Gasteiger partial charge in [-0.2, -0.15) is 0 Å². The van der Waals surface area contributed by atoms with Gasteiger partial charge in [0, 0.05) is 4.47 Å². The molecule has 1 unspecified atom stereocenters. The molecule has 0 aromatic heterocycles. The molecule has 94 valence electrons. The van der Waals surface area contributed by atoms with Crippen LogP contribution in [-0.2, 0) is 6.42 Å². The van der Waals surface area contributed by atoms with Crippen LogP contribution >= 0.6 is 27.5 Å². The van der Waals surface area contributed by atoms with Gasteiger partial charge in [0.15, 0.2) is 0 Å². The summed E-state index contributed by atoms with van der Waals surface area (Å²) in [6.07, 6.45) is 0.867. The molecule has 0 bridgehead atoms. The van der Waals surface area contributed by atoms with Gasteiger partial charge in [0.2, 0.25) is 0 Å². The Morgan fingerprint density at radius 1 is 1.11 bits per heavy atom. The van der Waals surface area contributed by atoms with Crippen molar-refractivity contribution in [1.82, 2.24) is 0 Å². The van der Waals surface area contributed by atoms with Crippen LogP contribution in [0, 0.1) is 13.8 Å². The highest BCUT2D eigenvalue weighted by atomic mass is 79.9. The van der Waals surface area contributed by atoms with Crippen molar-refractivity contribution in [3.63, 3.8) is 0 Å². The Balaban J connectivity index is 2.21. The molecule has 0 radical (unpaired) electrons. The molecule has 18 heavy (non-hydrogen) atoms. The van der Waals surface area contributed by atoms with E-state index < -0.39 is 0 Å². The van der Waals surface area contributed by atoms with Crippen molar-refractivity contribution in [2.45, 2.75) is 25.6 Å². The lowest BCUT2D eigenvalue weighted by Gasteiger charge is -2.13. The van der Waals surface area contributed by atoms with Gasteiger partial charge in [0.1, 0.15) is 0 Å². The predicted octanol–water partition coefficient (Wildman–Crippen LogP) is 5.59. The molecule has 0 heterocycles. The lowest BCUT2D eigenvalue weighted by atomic mass is 9.98. The molecule has 0 aliphatic carbocycles. The molecule has 0 aliphatic rings. The lowest BCUT2D eigenvalue weighted by molar-refractivity contribution is 0.908. The minimum atomic E-state index is 0.0167. The molecule has 0 fully saturated rings. The minimum absolute atomic E-state index is 0.0167. The van der Waals surface area contributed by atoms with Gasteiger partial charge in [-0.1, -0.05) is 51.8 Å². The maximum absolute atomic E-state index is 6.52. The normalized spacial score (nSPS) is 12.4. The number of halogens is 2. The van der Waals surface area contributed by atoms with Crippen molar-refractivity contribution in [3.8, 4) is 0 Å². The van der Waals surface area contributed by atoms with Crippen LogP contribution in [0.4, 0.5) is 0 Å². The molecule has 2 aromatic rings. The zero-order valence-electron chi connectivity index (χ0n) is 10.6. The first-order valence-corrected chi connectivity index (χ1v) is 7.25. The molecule has 0 N–H and O–H groups in total. The molecule has 2 aromatic carbocycles. The highest BCUT2D eigenvalue weighted by Crippen LogP contribution is 2.28. The van der Waals surface area contributed by atoms with Crippen molar-refractivity contribution in [3.05, 3.63) is 69.2 Å². The second-order valence-electron chi connectivity index (χ2n) is 4.66. The Morgan fingerprint density at radius 3 is 2.61 bits per heavy atom. The predicted molar refractivity (Wildman–Crippen MR) is 82.4 cm³/mol. The van der Waals surface area contributed by atoms with Crippen LogP contribution in [0.2, 0.25) is 0 Å². The molecule has 0 saturated heterocycles. The second-order valence-corrected chi connectivity index (χ2v) is 6.10. The summed E-state index contributed by atoms with van der Waals surface area (Å²) >= 11 is 10.00. The topological polar surface area (TPSA) is 0 Å². The van der Waals surface area contributed by atoms with E-state index in [9.17, 15) is 0 Å². The Labute approximate surface area is 122 Å². The number of alkyl halides is 1. The van der Waals surface area contributed by atoms with Crippen molar-refractivity contribution in [2.75, 3.05) is 0 Å². The van der Waals surface area contributed by atoms with E-state index in [2.05, 4.69) is 60.1 Å². The van der Waals surface area contributed by atoms with Crippen LogP contribution in [-0.4, -0.2) is 0 Å². The van der Waals surface area contributed by atoms with E-state index in [1.807, 2.05) is 12.1 Å². The number of hydrogen-bond acceptors (Lipinski definition) is 0. The summed E-state index contributed by atoms with van der Waals surface area (Å²) < 4.78 is 1.08. The molecular formula is C16H16BrCl. The summed E-state index contributed by atoms with van der Waals surface area (Å²) in [5.41, 5.74) is 5.08. The highest BCUT2D eigenvalue weighted by Gasteiger charge is 2.11. The van der Waals surface area contributed by atoms with E-state index in [-0.39, 0.29) is 5.38 Å². The van der Waals surface area contributed by atoms with Crippen LogP contribution in [0.25, 0.3) is 0 Å². The highest BCUT2D eigenvalue weighted by molar-refractivity contribution is 9.10. The molecule has 0 nitrogen and oxygen atoms in total. The van der Waals surface area contributed by atoms with Crippen LogP contribution in [0.3, 0.4) is 0 Å². The number of aryl methyl sites for hydroxylation is 2. The van der Waals surface area contributed by atoms with Gasteiger partial charge >= 0.3 is 0 Å². The van der Waals surface area contributed by atoms with Gasteiger partial charge in [-0.15, -0.1) is 11.6 Å². The van der Waals surface area contributed by atoms with Crippen molar-refractivity contribution in [2.24, 2.45) is 0 Å². The Kier molecular flexibility index (Phi) is 4.47. The van der Waals surface area contributed by atoms with E-state index in [1.165, 1.54) is 16.7 Å². The van der Waals surface area contributed by atoms with Gasteiger partial charge in [-0.25, -0.2) is 0 Å². The average Bonchev–Trinajstić information content (AvgIpc) is 2.34. The first kappa shape index (κ1) is 13.6. The SMILES string of the molecule is Cc1ccc(C)c(CC(Cl)c2cccc(Br)c2)c1. The van der Waals surface area contributed by atoms with E-state index in [0.717, 1.165) is 16.5 Å². The molecule has 2 heteroatoms. The third kappa shape index (κ3) is 3.37. The zero-order chi connectivity index (χ0) is 13.1. The fourth-order valence-corrected chi connectivity index (χ4v) is 2.75. The zero-order valence-corrected chi connectivity index (χ0v) is 12.9. The fraction of sp³-hybridized carbons (Fsp3) is 0.250. The van der Waals surface area contributed by atoms with Gasteiger partial charge in [0.05, 0.1) is 5.38 Å². The van der Waals surface area contributed by atoms with Crippen LogP contribution < -0.4 is 0 Å². The van der Waals surface area contributed by atoms with Crippen molar-refractivity contribution < 1.29 is 0 Å². The van der Waals surface area contributed by atoms with E-state index in [1.54, 1.807) is 0 Å². The average molecular weight is 324 g/mol. The molecule has 0 spiro atoms. The number of hydrogen-bond donors (Lipinski definition) is 0. The Bertz CT molecular complexity index is 549. The minimum Gasteiger partial charge on any atom is -0.117 e. The quantitative estimate of drug-likeness (QED) is 0.646. The molecule has 0 aliphatic heterocycles. The summed E-state index contributed by atoms with van der Waals surface area (Å²) in [6.45, 7) is 4.25. The van der Waals surface area contributed by atoms with E-state index >= 15 is 0 Å². The standard InChI is InChI=1S/C16H16BrCl/c1-11-6-7-12(2)14(8-11)10-16(18)13-4-3-5-15(17)9-13/h3-9,16H,10H2,1-2H3. The van der Waals surface area contributed by atoms with Crippen molar-refractivity contribution in [1.29, 1.82) is 0 Å². The summed E-state index contributed by atoms with van der Waals surface area (Å²) in [6, 6.07) is 14.7.